The fourth-order valence-corrected chi connectivity index (χ4v) is 2.46. The van der Waals surface area contributed by atoms with E-state index in [1.807, 2.05) is 0 Å². The summed E-state index contributed by atoms with van der Waals surface area (Å²) < 4.78 is 44.2. The number of aromatic nitrogens is 1. The highest BCUT2D eigenvalue weighted by atomic mass is 19.4. The number of hydrogen-bond acceptors (Lipinski definition) is 4. The Balaban J connectivity index is 1.70. The Morgan fingerprint density at radius 1 is 1.00 bits per heavy atom. The minimum Gasteiger partial charge on any atom is -0.497 e. The van der Waals surface area contributed by atoms with Gasteiger partial charge in [0.2, 0.25) is 0 Å². The van der Waals surface area contributed by atoms with Crippen LogP contribution in [0, 0.1) is 0 Å². The predicted octanol–water partition coefficient (Wildman–Crippen LogP) is 5.10. The molecule has 0 aliphatic heterocycles. The molecule has 0 bridgehead atoms. The summed E-state index contributed by atoms with van der Waals surface area (Å²) in [5.41, 5.74) is -0.0614. The summed E-state index contributed by atoms with van der Waals surface area (Å²) in [5, 5.41) is 5.33. The summed E-state index contributed by atoms with van der Waals surface area (Å²) in [6.07, 6.45) is -3.20. The molecule has 0 spiro atoms. The number of pyridine rings is 1. The van der Waals surface area contributed by atoms with Gasteiger partial charge in [-0.2, -0.15) is 13.2 Å². The van der Waals surface area contributed by atoms with Gasteiger partial charge in [0.15, 0.2) is 0 Å². The lowest BCUT2D eigenvalue weighted by Crippen LogP contribution is -2.12. The molecule has 0 fully saturated rings. The monoisotopic (exact) mass is 387 g/mol. The standard InChI is InChI=1S/C20H16F3N3O2/c1-28-15-9-7-14(8-10-15)25-19(27)13-6-11-18(24-12-13)26-17-5-3-2-4-16(17)20(21,22)23/h2-12H,1H3,(H,24,26)(H,25,27). The summed E-state index contributed by atoms with van der Waals surface area (Å²) in [4.78, 5) is 16.3. The second kappa shape index (κ2) is 7.99. The van der Waals surface area contributed by atoms with Gasteiger partial charge in [0.05, 0.1) is 23.9 Å². The van der Waals surface area contributed by atoms with Crippen molar-refractivity contribution in [2.24, 2.45) is 0 Å². The zero-order chi connectivity index (χ0) is 20.1. The topological polar surface area (TPSA) is 63.2 Å². The first-order valence-electron chi connectivity index (χ1n) is 8.21. The van der Waals surface area contributed by atoms with E-state index in [-0.39, 0.29) is 23.0 Å². The average molecular weight is 387 g/mol. The molecule has 3 rings (SSSR count). The number of amides is 1. The zero-order valence-electron chi connectivity index (χ0n) is 14.7. The van der Waals surface area contributed by atoms with E-state index >= 15 is 0 Å². The van der Waals surface area contributed by atoms with Crippen molar-refractivity contribution < 1.29 is 22.7 Å². The molecule has 0 atom stereocenters. The van der Waals surface area contributed by atoms with Crippen LogP contribution in [-0.2, 0) is 6.18 Å². The molecule has 0 aliphatic carbocycles. The molecule has 144 valence electrons. The van der Waals surface area contributed by atoms with E-state index in [0.717, 1.165) is 6.07 Å². The smallest absolute Gasteiger partial charge is 0.418 e. The first-order valence-corrected chi connectivity index (χ1v) is 8.21. The summed E-state index contributed by atoms with van der Waals surface area (Å²) >= 11 is 0. The van der Waals surface area contributed by atoms with E-state index in [2.05, 4.69) is 15.6 Å². The van der Waals surface area contributed by atoms with Gasteiger partial charge in [0, 0.05) is 11.9 Å². The Kier molecular flexibility index (Phi) is 5.49. The molecule has 8 heteroatoms. The molecular weight excluding hydrogens is 371 g/mol. The van der Waals surface area contributed by atoms with Crippen molar-refractivity contribution in [1.29, 1.82) is 0 Å². The lowest BCUT2D eigenvalue weighted by Gasteiger charge is -2.14. The van der Waals surface area contributed by atoms with Gasteiger partial charge in [-0.25, -0.2) is 4.98 Å². The van der Waals surface area contributed by atoms with Crippen LogP contribution in [-0.4, -0.2) is 18.0 Å². The van der Waals surface area contributed by atoms with Crippen LogP contribution in [0.1, 0.15) is 15.9 Å². The third kappa shape index (κ3) is 4.59. The molecule has 3 aromatic rings. The number of para-hydroxylation sites is 1. The second-order valence-electron chi connectivity index (χ2n) is 5.78. The lowest BCUT2D eigenvalue weighted by atomic mass is 10.1. The molecule has 1 amide bonds. The highest BCUT2D eigenvalue weighted by molar-refractivity contribution is 6.04. The fraction of sp³-hybridized carbons (Fsp3) is 0.100. The zero-order valence-corrected chi connectivity index (χ0v) is 14.7. The van der Waals surface area contributed by atoms with Gasteiger partial charge >= 0.3 is 6.18 Å². The van der Waals surface area contributed by atoms with E-state index in [1.54, 1.807) is 31.4 Å². The van der Waals surface area contributed by atoms with Crippen molar-refractivity contribution in [2.75, 3.05) is 17.7 Å². The van der Waals surface area contributed by atoms with Crippen molar-refractivity contribution in [3.05, 3.63) is 78.0 Å². The van der Waals surface area contributed by atoms with Gasteiger partial charge < -0.3 is 15.4 Å². The van der Waals surface area contributed by atoms with E-state index in [4.69, 9.17) is 4.74 Å². The quantitative estimate of drug-likeness (QED) is 0.639. The van der Waals surface area contributed by atoms with E-state index in [9.17, 15) is 18.0 Å². The molecule has 1 heterocycles. The van der Waals surface area contributed by atoms with Crippen LogP contribution in [0.25, 0.3) is 0 Å². The summed E-state index contributed by atoms with van der Waals surface area (Å²) in [7, 11) is 1.54. The predicted molar refractivity (Wildman–Crippen MR) is 99.9 cm³/mol. The van der Waals surface area contributed by atoms with Crippen LogP contribution < -0.4 is 15.4 Å². The molecule has 0 saturated carbocycles. The number of methoxy groups -OCH3 is 1. The van der Waals surface area contributed by atoms with Crippen molar-refractivity contribution >= 4 is 23.1 Å². The van der Waals surface area contributed by atoms with Gasteiger partial charge in [-0.3, -0.25) is 4.79 Å². The highest BCUT2D eigenvalue weighted by Gasteiger charge is 2.33. The number of halogens is 3. The van der Waals surface area contributed by atoms with Crippen LogP contribution >= 0.6 is 0 Å². The van der Waals surface area contributed by atoms with Gasteiger partial charge in [-0.1, -0.05) is 12.1 Å². The van der Waals surface area contributed by atoms with Crippen molar-refractivity contribution in [3.8, 4) is 5.75 Å². The summed E-state index contributed by atoms with van der Waals surface area (Å²) in [6.45, 7) is 0. The van der Waals surface area contributed by atoms with Crippen molar-refractivity contribution in [2.45, 2.75) is 6.18 Å². The maximum atomic E-state index is 13.1. The maximum absolute atomic E-state index is 13.1. The highest BCUT2D eigenvalue weighted by Crippen LogP contribution is 2.35. The summed E-state index contributed by atoms with van der Waals surface area (Å²) in [6, 6.07) is 14.8. The number of alkyl halides is 3. The molecule has 0 aliphatic rings. The molecule has 0 saturated heterocycles. The Hall–Kier alpha value is -3.55. The maximum Gasteiger partial charge on any atom is 0.418 e. The van der Waals surface area contributed by atoms with Crippen LogP contribution in [0.15, 0.2) is 66.9 Å². The van der Waals surface area contributed by atoms with E-state index < -0.39 is 11.7 Å². The minimum absolute atomic E-state index is 0.113. The van der Waals surface area contributed by atoms with Gasteiger partial charge in [-0.05, 0) is 48.5 Å². The summed E-state index contributed by atoms with van der Waals surface area (Å²) in [5.74, 6) is 0.465. The largest absolute Gasteiger partial charge is 0.497 e. The van der Waals surface area contributed by atoms with Crippen LogP contribution in [0.2, 0.25) is 0 Å². The lowest BCUT2D eigenvalue weighted by molar-refractivity contribution is -0.136. The first kappa shape index (κ1) is 19.2. The second-order valence-corrected chi connectivity index (χ2v) is 5.78. The van der Waals surface area contributed by atoms with Crippen LogP contribution in [0.4, 0.5) is 30.4 Å². The van der Waals surface area contributed by atoms with Crippen LogP contribution in [0.3, 0.4) is 0 Å². The molecule has 0 radical (unpaired) electrons. The molecule has 1 aromatic heterocycles. The number of rotatable bonds is 5. The first-order chi connectivity index (χ1) is 13.4. The number of nitrogens with zero attached hydrogens (tertiary/aromatic N) is 1. The molecule has 5 nitrogen and oxygen atoms in total. The van der Waals surface area contributed by atoms with Gasteiger partial charge in [0.1, 0.15) is 11.6 Å². The SMILES string of the molecule is COc1ccc(NC(=O)c2ccc(Nc3ccccc3C(F)(F)F)nc2)cc1. The molecular formula is C20H16F3N3O2. The van der Waals surface area contributed by atoms with Gasteiger partial charge in [-0.15, -0.1) is 0 Å². The Bertz CT molecular complexity index is 956. The number of ether oxygens (including phenoxy) is 1. The molecule has 2 N–H and O–H groups in total. The third-order valence-corrected chi connectivity index (χ3v) is 3.87. The normalized spacial score (nSPS) is 11.0. The van der Waals surface area contributed by atoms with E-state index in [1.165, 1.54) is 36.5 Å². The van der Waals surface area contributed by atoms with E-state index in [0.29, 0.717) is 11.4 Å². The minimum atomic E-state index is -4.48. The van der Waals surface area contributed by atoms with Crippen molar-refractivity contribution in [3.63, 3.8) is 0 Å². The Morgan fingerprint density at radius 2 is 1.71 bits per heavy atom. The molecule has 0 unspecified atom stereocenters. The van der Waals surface area contributed by atoms with Crippen molar-refractivity contribution in [1.82, 2.24) is 4.98 Å². The Morgan fingerprint density at radius 3 is 2.32 bits per heavy atom. The number of carbonyl (C=O) groups is 1. The number of nitrogens with one attached hydrogen (secondary N) is 2. The number of anilines is 3. The number of hydrogen-bond donors (Lipinski definition) is 2. The average Bonchev–Trinajstić information content (AvgIpc) is 2.69. The number of carbonyl (C=O) groups excluding carboxylic acids is 1. The Labute approximate surface area is 159 Å². The van der Waals surface area contributed by atoms with Crippen LogP contribution in [0.5, 0.6) is 5.75 Å². The third-order valence-electron chi connectivity index (χ3n) is 3.87. The molecule has 28 heavy (non-hydrogen) atoms. The fourth-order valence-electron chi connectivity index (χ4n) is 2.46. The molecule has 2 aromatic carbocycles. The number of benzene rings is 2. The van der Waals surface area contributed by atoms with Gasteiger partial charge in [0.25, 0.3) is 5.91 Å².